The van der Waals surface area contributed by atoms with E-state index in [1.165, 1.54) is 11.5 Å². The summed E-state index contributed by atoms with van der Waals surface area (Å²) in [6.07, 6.45) is 2.78. The van der Waals surface area contributed by atoms with Gasteiger partial charge in [0.2, 0.25) is 5.13 Å². The average Bonchev–Trinajstić information content (AvgIpc) is 2.87. The van der Waals surface area contributed by atoms with E-state index < -0.39 is 0 Å². The third-order valence-electron chi connectivity index (χ3n) is 2.23. The summed E-state index contributed by atoms with van der Waals surface area (Å²) in [4.78, 5) is 10.9. The lowest BCUT2D eigenvalue weighted by molar-refractivity contribution is 0.627. The minimum absolute atomic E-state index is 0.599. The van der Waals surface area contributed by atoms with Gasteiger partial charge < -0.3 is 4.90 Å². The summed E-state index contributed by atoms with van der Waals surface area (Å²) < 4.78 is 4.38. The van der Waals surface area contributed by atoms with Gasteiger partial charge in [-0.3, -0.25) is 0 Å². The number of anilines is 1. The monoisotopic (exact) mass is 268 g/mol. The first-order valence-corrected chi connectivity index (χ1v) is 7.22. The summed E-state index contributed by atoms with van der Waals surface area (Å²) in [5, 5.41) is 4.07. The van der Waals surface area contributed by atoms with Crippen LogP contribution >= 0.6 is 22.9 Å². The van der Waals surface area contributed by atoms with Gasteiger partial charge in [-0.1, -0.05) is 13.8 Å². The number of hydrogen-bond donors (Lipinski definition) is 0. The molecule has 0 spiro atoms. The van der Waals surface area contributed by atoms with Crippen LogP contribution in [0.3, 0.4) is 0 Å². The molecule has 2 heterocycles. The molecule has 0 saturated heterocycles. The van der Waals surface area contributed by atoms with Crippen molar-refractivity contribution in [2.75, 3.05) is 11.9 Å². The van der Waals surface area contributed by atoms with E-state index in [4.69, 9.17) is 0 Å². The average molecular weight is 268 g/mol. The molecular formula is C11H16N4S2. The van der Waals surface area contributed by atoms with E-state index in [2.05, 4.69) is 33.1 Å². The Morgan fingerprint density at radius 3 is 2.88 bits per heavy atom. The van der Waals surface area contributed by atoms with Gasteiger partial charge in [-0.25, -0.2) is 9.97 Å². The van der Waals surface area contributed by atoms with Crippen LogP contribution < -0.4 is 4.90 Å². The molecule has 0 radical (unpaired) electrons. The fourth-order valence-electron chi connectivity index (χ4n) is 1.45. The van der Waals surface area contributed by atoms with Crippen molar-refractivity contribution < 1.29 is 0 Å². The Kier molecular flexibility index (Phi) is 4.06. The molecule has 0 aromatic carbocycles. The minimum atomic E-state index is 0.599. The molecule has 0 atom stereocenters. The molecule has 2 aromatic rings. The second-order valence-corrected chi connectivity index (χ2v) is 6.08. The van der Waals surface area contributed by atoms with Crippen LogP contribution in [0, 0.1) is 5.92 Å². The third-order valence-corrected chi connectivity index (χ3v) is 3.86. The van der Waals surface area contributed by atoms with Crippen molar-refractivity contribution in [2.45, 2.75) is 26.8 Å². The zero-order chi connectivity index (χ0) is 12.3. The lowest BCUT2D eigenvalue weighted by Gasteiger charge is -2.12. The van der Waals surface area contributed by atoms with Crippen LogP contribution in [-0.4, -0.2) is 21.4 Å². The van der Waals surface area contributed by atoms with Crippen molar-refractivity contribution in [2.24, 2.45) is 5.92 Å². The number of rotatable bonds is 5. The molecule has 0 unspecified atom stereocenters. The molecule has 0 aliphatic carbocycles. The quantitative estimate of drug-likeness (QED) is 0.836. The van der Waals surface area contributed by atoms with Gasteiger partial charge >= 0.3 is 0 Å². The molecule has 0 aliphatic heterocycles. The first kappa shape index (κ1) is 12.4. The van der Waals surface area contributed by atoms with E-state index in [1.807, 2.05) is 18.6 Å². The number of nitrogens with zero attached hydrogens (tertiary/aromatic N) is 4. The molecule has 4 nitrogen and oxygen atoms in total. The highest BCUT2D eigenvalue weighted by Crippen LogP contribution is 2.20. The Balaban J connectivity index is 1.99. The Bertz CT molecular complexity index is 450. The summed E-state index contributed by atoms with van der Waals surface area (Å²) in [7, 11) is 2.03. The highest BCUT2D eigenvalue weighted by Gasteiger charge is 2.11. The fourth-order valence-corrected chi connectivity index (χ4v) is 2.77. The van der Waals surface area contributed by atoms with E-state index in [-0.39, 0.29) is 0 Å². The molecule has 0 amide bonds. The normalized spacial score (nSPS) is 11.1. The molecule has 92 valence electrons. The zero-order valence-corrected chi connectivity index (χ0v) is 11.9. The van der Waals surface area contributed by atoms with Gasteiger partial charge in [0.1, 0.15) is 10.8 Å². The highest BCUT2D eigenvalue weighted by atomic mass is 32.1. The molecule has 17 heavy (non-hydrogen) atoms. The van der Waals surface area contributed by atoms with Crippen molar-refractivity contribution in [3.05, 3.63) is 22.4 Å². The van der Waals surface area contributed by atoms with Crippen LogP contribution in [0.15, 0.2) is 11.6 Å². The molecule has 2 rings (SSSR count). The van der Waals surface area contributed by atoms with E-state index in [0.29, 0.717) is 5.92 Å². The van der Waals surface area contributed by atoms with Crippen molar-refractivity contribution in [3.8, 4) is 0 Å². The van der Waals surface area contributed by atoms with Crippen LogP contribution in [0.5, 0.6) is 0 Å². The predicted molar refractivity (Wildman–Crippen MR) is 72.7 cm³/mol. The molecule has 0 N–H and O–H groups in total. The summed E-state index contributed by atoms with van der Waals surface area (Å²) in [5.41, 5.74) is 0. The van der Waals surface area contributed by atoms with E-state index in [0.717, 1.165) is 28.9 Å². The second kappa shape index (κ2) is 5.55. The lowest BCUT2D eigenvalue weighted by Crippen LogP contribution is -2.16. The van der Waals surface area contributed by atoms with Gasteiger partial charge in [0.25, 0.3) is 0 Å². The smallest absolute Gasteiger partial charge is 0.205 e. The molecule has 0 aliphatic rings. The molecule has 0 fully saturated rings. The highest BCUT2D eigenvalue weighted by molar-refractivity contribution is 7.10. The molecule has 0 bridgehead atoms. The predicted octanol–water partition coefficient (Wildman–Crippen LogP) is 2.83. The number of hydrogen-bond acceptors (Lipinski definition) is 6. The molecule has 0 saturated carbocycles. The lowest BCUT2D eigenvalue weighted by atomic mass is 10.1. The SMILES string of the molecule is CC(C)Cc1nsc(N(C)Cc2nccs2)n1. The standard InChI is InChI=1S/C11H16N4S2/c1-8(2)6-9-13-11(17-14-9)15(3)7-10-12-4-5-16-10/h4-5,8H,6-7H2,1-3H3. The van der Waals surface area contributed by atoms with Gasteiger partial charge in [-0.05, 0) is 5.92 Å². The van der Waals surface area contributed by atoms with Crippen LogP contribution in [0.2, 0.25) is 0 Å². The summed E-state index contributed by atoms with van der Waals surface area (Å²) in [6, 6.07) is 0. The maximum absolute atomic E-state index is 4.54. The maximum Gasteiger partial charge on any atom is 0.205 e. The first-order valence-electron chi connectivity index (χ1n) is 5.57. The van der Waals surface area contributed by atoms with Crippen LogP contribution in [0.4, 0.5) is 5.13 Å². The van der Waals surface area contributed by atoms with Crippen molar-refractivity contribution in [3.63, 3.8) is 0 Å². The maximum atomic E-state index is 4.54. The number of aromatic nitrogens is 3. The Morgan fingerprint density at radius 2 is 2.24 bits per heavy atom. The minimum Gasteiger partial charge on any atom is -0.343 e. The van der Waals surface area contributed by atoms with Crippen molar-refractivity contribution >= 4 is 28.0 Å². The van der Waals surface area contributed by atoms with Crippen LogP contribution in [0.25, 0.3) is 0 Å². The van der Waals surface area contributed by atoms with E-state index in [1.54, 1.807) is 11.3 Å². The van der Waals surface area contributed by atoms with Gasteiger partial charge in [0.05, 0.1) is 6.54 Å². The van der Waals surface area contributed by atoms with Gasteiger partial charge in [0.15, 0.2) is 0 Å². The molecule has 2 aromatic heterocycles. The Hall–Kier alpha value is -1.01. The third kappa shape index (κ3) is 3.47. The topological polar surface area (TPSA) is 41.9 Å². The summed E-state index contributed by atoms with van der Waals surface area (Å²) >= 11 is 3.13. The van der Waals surface area contributed by atoms with E-state index >= 15 is 0 Å². The summed E-state index contributed by atoms with van der Waals surface area (Å²) in [5.74, 6) is 1.55. The second-order valence-electron chi connectivity index (χ2n) is 4.37. The van der Waals surface area contributed by atoms with Crippen LogP contribution in [0.1, 0.15) is 24.7 Å². The number of thiazole rings is 1. The van der Waals surface area contributed by atoms with Crippen molar-refractivity contribution in [1.29, 1.82) is 0 Å². The van der Waals surface area contributed by atoms with Gasteiger partial charge in [-0.15, -0.1) is 11.3 Å². The van der Waals surface area contributed by atoms with Crippen molar-refractivity contribution in [1.82, 2.24) is 14.3 Å². The first-order chi connectivity index (χ1) is 8.15. The Morgan fingerprint density at radius 1 is 1.41 bits per heavy atom. The Labute approximate surface area is 110 Å². The zero-order valence-electron chi connectivity index (χ0n) is 10.3. The molecule has 6 heteroatoms. The molecular weight excluding hydrogens is 252 g/mol. The fraction of sp³-hybridized carbons (Fsp3) is 0.545. The van der Waals surface area contributed by atoms with Crippen LogP contribution in [-0.2, 0) is 13.0 Å². The van der Waals surface area contributed by atoms with E-state index in [9.17, 15) is 0 Å². The summed E-state index contributed by atoms with van der Waals surface area (Å²) in [6.45, 7) is 5.16. The van der Waals surface area contributed by atoms with Gasteiger partial charge in [-0.2, -0.15) is 4.37 Å². The largest absolute Gasteiger partial charge is 0.343 e. The van der Waals surface area contributed by atoms with Gasteiger partial charge in [0, 0.05) is 36.6 Å².